The van der Waals surface area contributed by atoms with Crippen LogP contribution in [0, 0.1) is 5.92 Å². The molecule has 27 heavy (non-hydrogen) atoms. The number of carboxylic acids is 1. The van der Waals surface area contributed by atoms with Gasteiger partial charge in [0.1, 0.15) is 5.75 Å². The van der Waals surface area contributed by atoms with E-state index in [0.717, 1.165) is 23.4 Å². The van der Waals surface area contributed by atoms with Crippen LogP contribution < -0.4 is 14.2 Å². The fraction of sp³-hybridized carbons (Fsp3) is 0.450. The lowest BCUT2D eigenvalue weighted by Gasteiger charge is -2.37. The molecule has 1 aromatic heterocycles. The third kappa shape index (κ3) is 4.04. The highest BCUT2D eigenvalue weighted by atomic mass is 32.1. The fourth-order valence-corrected chi connectivity index (χ4v) is 4.56. The van der Waals surface area contributed by atoms with Gasteiger partial charge in [-0.25, -0.2) is 0 Å². The van der Waals surface area contributed by atoms with Crippen LogP contribution in [0.2, 0.25) is 0 Å². The topological polar surface area (TPSA) is 68.2 Å². The number of thiophene rings is 1. The second-order valence-electron chi connectivity index (χ2n) is 6.54. The molecule has 0 amide bonds. The lowest BCUT2D eigenvalue weighted by atomic mass is 9.93. The van der Waals surface area contributed by atoms with Crippen molar-refractivity contribution in [2.24, 2.45) is 5.92 Å². The molecule has 1 aliphatic rings. The van der Waals surface area contributed by atoms with Crippen molar-refractivity contribution >= 4 is 17.3 Å². The summed E-state index contributed by atoms with van der Waals surface area (Å²) in [5, 5.41) is 11.5. The minimum Gasteiger partial charge on any atom is -0.496 e. The Morgan fingerprint density at radius 1 is 1.19 bits per heavy atom. The zero-order valence-electron chi connectivity index (χ0n) is 15.8. The summed E-state index contributed by atoms with van der Waals surface area (Å²) in [7, 11) is 4.83. The number of likely N-dealkylation sites (tertiary alicyclic amines) is 1. The Labute approximate surface area is 163 Å². The molecule has 7 heteroatoms. The summed E-state index contributed by atoms with van der Waals surface area (Å²) in [6.07, 6.45) is 1.57. The molecule has 0 radical (unpaired) electrons. The highest BCUT2D eigenvalue weighted by molar-refractivity contribution is 7.10. The number of nitrogens with zero attached hydrogens (tertiary/aromatic N) is 1. The molecule has 3 rings (SSSR count). The molecule has 1 aliphatic heterocycles. The van der Waals surface area contributed by atoms with Crippen molar-refractivity contribution < 1.29 is 24.1 Å². The summed E-state index contributed by atoms with van der Waals surface area (Å²) in [6.45, 7) is 1.35. The minimum absolute atomic E-state index is 0.0955. The van der Waals surface area contributed by atoms with E-state index in [2.05, 4.69) is 11.0 Å². The number of methoxy groups -OCH3 is 3. The second kappa shape index (κ2) is 8.63. The molecule has 0 aliphatic carbocycles. The third-order valence-corrected chi connectivity index (χ3v) is 5.94. The van der Waals surface area contributed by atoms with Gasteiger partial charge in [-0.1, -0.05) is 6.07 Å². The predicted octanol–water partition coefficient (Wildman–Crippen LogP) is 3.66. The van der Waals surface area contributed by atoms with Crippen LogP contribution in [0.3, 0.4) is 0 Å². The zero-order chi connectivity index (χ0) is 19.4. The molecule has 1 N–H and O–H groups in total. The van der Waals surface area contributed by atoms with Crippen LogP contribution in [-0.2, 0) is 4.79 Å². The molecule has 6 nitrogen and oxygen atoms in total. The third-order valence-electron chi connectivity index (χ3n) is 5.01. The molecule has 1 saturated heterocycles. The largest absolute Gasteiger partial charge is 0.496 e. The summed E-state index contributed by atoms with van der Waals surface area (Å²) in [4.78, 5) is 14.9. The molecule has 2 unspecified atom stereocenters. The number of hydrogen-bond donors (Lipinski definition) is 1. The standard InChI is InChI=1S/C20H25NO5S/c1-24-15-11-17(26-3)16(25-2)10-14(15)19(18-7-5-9-27-18)21-8-4-6-13(12-21)20(22)23/h5,7,9-11,13,19H,4,6,8,12H2,1-3H3,(H,22,23). The minimum atomic E-state index is -0.732. The van der Waals surface area contributed by atoms with E-state index in [-0.39, 0.29) is 12.0 Å². The highest BCUT2D eigenvalue weighted by Crippen LogP contribution is 2.43. The normalized spacial score (nSPS) is 18.7. The monoisotopic (exact) mass is 391 g/mol. The Morgan fingerprint density at radius 3 is 2.48 bits per heavy atom. The number of aliphatic carboxylic acids is 1. The first-order chi connectivity index (χ1) is 13.1. The number of ether oxygens (including phenoxy) is 3. The number of hydrogen-bond acceptors (Lipinski definition) is 6. The van der Waals surface area contributed by atoms with E-state index in [0.29, 0.717) is 30.2 Å². The van der Waals surface area contributed by atoms with Crippen LogP contribution in [0.4, 0.5) is 0 Å². The number of carboxylic acid groups (broad SMARTS) is 1. The summed E-state index contributed by atoms with van der Waals surface area (Å²) in [5.74, 6) is 0.839. The van der Waals surface area contributed by atoms with Gasteiger partial charge < -0.3 is 19.3 Å². The maximum atomic E-state index is 11.6. The maximum absolute atomic E-state index is 11.6. The van der Waals surface area contributed by atoms with Gasteiger partial charge in [-0.15, -0.1) is 11.3 Å². The van der Waals surface area contributed by atoms with Gasteiger partial charge in [0.15, 0.2) is 11.5 Å². The first kappa shape index (κ1) is 19.5. The predicted molar refractivity (Wildman–Crippen MR) is 104 cm³/mol. The van der Waals surface area contributed by atoms with Gasteiger partial charge >= 0.3 is 5.97 Å². The van der Waals surface area contributed by atoms with Crippen molar-refractivity contribution in [1.82, 2.24) is 4.90 Å². The van der Waals surface area contributed by atoms with E-state index in [1.54, 1.807) is 32.7 Å². The Balaban J connectivity index is 2.08. The van der Waals surface area contributed by atoms with Crippen molar-refractivity contribution in [3.63, 3.8) is 0 Å². The molecule has 2 atom stereocenters. The van der Waals surface area contributed by atoms with Crippen molar-refractivity contribution in [2.45, 2.75) is 18.9 Å². The van der Waals surface area contributed by atoms with Crippen molar-refractivity contribution in [1.29, 1.82) is 0 Å². The number of rotatable bonds is 7. The van der Waals surface area contributed by atoms with Gasteiger partial charge in [0.2, 0.25) is 0 Å². The SMILES string of the molecule is COc1cc(OC)c(C(c2cccs2)N2CCCC(C(=O)O)C2)cc1OC. The zero-order valence-corrected chi connectivity index (χ0v) is 16.6. The fourth-order valence-electron chi connectivity index (χ4n) is 3.69. The molecule has 0 saturated carbocycles. The Hall–Kier alpha value is -2.25. The molecule has 2 heterocycles. The maximum Gasteiger partial charge on any atom is 0.307 e. The summed E-state index contributed by atoms with van der Waals surface area (Å²) >= 11 is 1.66. The van der Waals surface area contributed by atoms with Crippen LogP contribution in [0.5, 0.6) is 17.2 Å². The van der Waals surface area contributed by atoms with Crippen LogP contribution in [0.15, 0.2) is 29.6 Å². The van der Waals surface area contributed by atoms with E-state index in [9.17, 15) is 9.90 Å². The molecule has 2 aromatic rings. The number of carbonyl (C=O) groups is 1. The van der Waals surface area contributed by atoms with E-state index < -0.39 is 5.97 Å². The van der Waals surface area contributed by atoms with Crippen LogP contribution >= 0.6 is 11.3 Å². The van der Waals surface area contributed by atoms with Gasteiger partial charge in [-0.2, -0.15) is 0 Å². The van der Waals surface area contributed by atoms with E-state index in [4.69, 9.17) is 14.2 Å². The summed E-state index contributed by atoms with van der Waals surface area (Å²) in [6, 6.07) is 7.76. The molecular formula is C20H25NO5S. The molecule has 1 aromatic carbocycles. The van der Waals surface area contributed by atoms with Crippen LogP contribution in [0.25, 0.3) is 0 Å². The van der Waals surface area contributed by atoms with Gasteiger partial charge in [0.05, 0.1) is 33.3 Å². The second-order valence-corrected chi connectivity index (χ2v) is 7.52. The Morgan fingerprint density at radius 2 is 1.89 bits per heavy atom. The van der Waals surface area contributed by atoms with Crippen molar-refractivity contribution in [3.8, 4) is 17.2 Å². The van der Waals surface area contributed by atoms with Crippen LogP contribution in [-0.4, -0.2) is 50.4 Å². The summed E-state index contributed by atoms with van der Waals surface area (Å²) in [5.41, 5.74) is 0.948. The first-order valence-corrected chi connectivity index (χ1v) is 9.77. The molecule has 0 bridgehead atoms. The van der Waals surface area contributed by atoms with Gasteiger partial charge in [0, 0.05) is 23.1 Å². The Bertz CT molecular complexity index is 777. The van der Waals surface area contributed by atoms with Crippen LogP contribution in [0.1, 0.15) is 29.3 Å². The quantitative estimate of drug-likeness (QED) is 0.777. The lowest BCUT2D eigenvalue weighted by molar-refractivity contribution is -0.143. The highest BCUT2D eigenvalue weighted by Gasteiger charge is 2.33. The lowest BCUT2D eigenvalue weighted by Crippen LogP contribution is -2.41. The molecular weight excluding hydrogens is 366 g/mol. The summed E-state index contributed by atoms with van der Waals surface area (Å²) < 4.78 is 16.6. The molecule has 1 fully saturated rings. The average molecular weight is 391 g/mol. The Kier molecular flexibility index (Phi) is 6.23. The van der Waals surface area contributed by atoms with Gasteiger partial charge in [0.25, 0.3) is 0 Å². The number of piperidine rings is 1. The van der Waals surface area contributed by atoms with E-state index in [1.165, 1.54) is 0 Å². The van der Waals surface area contributed by atoms with Crippen molar-refractivity contribution in [3.05, 3.63) is 40.1 Å². The number of benzene rings is 1. The smallest absolute Gasteiger partial charge is 0.307 e. The van der Waals surface area contributed by atoms with Gasteiger partial charge in [-0.3, -0.25) is 9.69 Å². The van der Waals surface area contributed by atoms with Gasteiger partial charge in [-0.05, 0) is 36.9 Å². The van der Waals surface area contributed by atoms with E-state index >= 15 is 0 Å². The molecule has 0 spiro atoms. The first-order valence-electron chi connectivity index (χ1n) is 8.89. The van der Waals surface area contributed by atoms with Crippen molar-refractivity contribution in [2.75, 3.05) is 34.4 Å². The van der Waals surface area contributed by atoms with E-state index in [1.807, 2.05) is 23.6 Å². The average Bonchev–Trinajstić information content (AvgIpc) is 3.22. The molecule has 146 valence electrons.